The van der Waals surface area contributed by atoms with Crippen LogP contribution in [0.5, 0.6) is 0 Å². The van der Waals surface area contributed by atoms with Crippen molar-refractivity contribution in [3.8, 4) is 0 Å². The molecule has 1 aromatic heterocycles. The highest BCUT2D eigenvalue weighted by molar-refractivity contribution is 7.16. The second-order valence-corrected chi connectivity index (χ2v) is 5.57. The normalized spacial score (nSPS) is 11.2. The van der Waals surface area contributed by atoms with E-state index in [9.17, 15) is 9.59 Å². The molecule has 0 N–H and O–H groups in total. The summed E-state index contributed by atoms with van der Waals surface area (Å²) in [6.45, 7) is 0.754. The van der Waals surface area contributed by atoms with Gasteiger partial charge in [-0.2, -0.15) is 0 Å². The van der Waals surface area contributed by atoms with Gasteiger partial charge >= 0.3 is 0 Å². The number of likely N-dealkylation sites (N-methyl/N-ethyl adjacent to an activating group) is 2. The first-order valence-corrected chi connectivity index (χ1v) is 6.17. The maximum absolute atomic E-state index is 11.8. The maximum Gasteiger partial charge on any atom is 0.186 e. The lowest BCUT2D eigenvalue weighted by atomic mass is 10.3. The molecule has 0 radical (unpaired) electrons. The largest absolute Gasteiger partial charge is 0.302 e. The molecule has 0 amide bonds. The second kappa shape index (κ2) is 6.05. The molecule has 0 spiro atoms. The smallest absolute Gasteiger partial charge is 0.186 e. The first-order chi connectivity index (χ1) is 7.90. The van der Waals surface area contributed by atoms with Crippen molar-refractivity contribution in [1.29, 1.82) is 0 Å². The number of ketones is 2. The number of hydrogen-bond donors (Lipinski definition) is 0. The molecule has 0 aliphatic rings. The average molecular weight is 254 g/mol. The molecule has 1 rings (SSSR count). The summed E-state index contributed by atoms with van der Waals surface area (Å²) in [5, 5.41) is 0. The van der Waals surface area contributed by atoms with Gasteiger partial charge in [0.1, 0.15) is 0 Å². The van der Waals surface area contributed by atoms with Gasteiger partial charge in [-0.3, -0.25) is 9.59 Å². The highest BCUT2D eigenvalue weighted by Crippen LogP contribution is 2.18. The van der Waals surface area contributed by atoms with Gasteiger partial charge in [-0.15, -0.1) is 11.3 Å². The summed E-state index contributed by atoms with van der Waals surface area (Å²) in [6, 6.07) is 3.47. The van der Waals surface area contributed by atoms with Crippen LogP contribution in [-0.2, 0) is 0 Å². The number of carbonyl (C=O) groups excluding carboxylic acids is 2. The van der Waals surface area contributed by atoms with Gasteiger partial charge < -0.3 is 9.80 Å². The van der Waals surface area contributed by atoms with Crippen LogP contribution >= 0.6 is 11.3 Å². The van der Waals surface area contributed by atoms with Crippen LogP contribution in [0.3, 0.4) is 0 Å². The first kappa shape index (κ1) is 14.0. The van der Waals surface area contributed by atoms with Crippen molar-refractivity contribution < 1.29 is 9.59 Å². The summed E-state index contributed by atoms with van der Waals surface area (Å²) >= 11 is 1.28. The summed E-state index contributed by atoms with van der Waals surface area (Å²) in [4.78, 5) is 28.5. The monoisotopic (exact) mass is 254 g/mol. The van der Waals surface area contributed by atoms with Crippen LogP contribution in [0.4, 0.5) is 0 Å². The van der Waals surface area contributed by atoms with Gasteiger partial charge in [-0.25, -0.2) is 0 Å². The first-order valence-electron chi connectivity index (χ1n) is 5.36. The minimum Gasteiger partial charge on any atom is -0.302 e. The second-order valence-electron chi connectivity index (χ2n) is 4.49. The minimum absolute atomic E-state index is 0.0592. The van der Waals surface area contributed by atoms with E-state index in [0.717, 1.165) is 0 Å². The molecule has 0 aliphatic heterocycles. The third-order valence-corrected chi connectivity index (χ3v) is 3.24. The van der Waals surface area contributed by atoms with Crippen LogP contribution in [-0.4, -0.2) is 62.6 Å². The summed E-state index contributed by atoms with van der Waals surface area (Å²) in [5.74, 6) is 0.118. The van der Waals surface area contributed by atoms with E-state index in [2.05, 4.69) is 0 Å². The number of carbonyl (C=O) groups is 2. The van der Waals surface area contributed by atoms with Crippen molar-refractivity contribution in [3.63, 3.8) is 0 Å². The Balaban J connectivity index is 2.71. The fourth-order valence-electron chi connectivity index (χ4n) is 1.37. The third-order valence-electron chi connectivity index (χ3n) is 2.08. The van der Waals surface area contributed by atoms with E-state index >= 15 is 0 Å². The SMILES string of the molecule is CN(C)CC(=O)c1ccc(C(=O)CN(C)C)s1. The molecule has 0 atom stereocenters. The summed E-state index contributed by atoms with van der Waals surface area (Å²) in [7, 11) is 7.40. The van der Waals surface area contributed by atoms with Crippen LogP contribution < -0.4 is 0 Å². The molecule has 0 aliphatic carbocycles. The summed E-state index contributed by atoms with van der Waals surface area (Å²) in [5.41, 5.74) is 0. The molecular formula is C12H18N2O2S. The molecule has 0 fully saturated rings. The van der Waals surface area contributed by atoms with Gasteiger partial charge in [-0.05, 0) is 40.3 Å². The van der Waals surface area contributed by atoms with Crippen LogP contribution in [0.25, 0.3) is 0 Å². The third kappa shape index (κ3) is 4.38. The Morgan fingerprint density at radius 1 is 0.941 bits per heavy atom. The molecule has 5 heteroatoms. The van der Waals surface area contributed by atoms with Crippen molar-refractivity contribution in [2.75, 3.05) is 41.3 Å². The van der Waals surface area contributed by atoms with E-state index in [1.165, 1.54) is 11.3 Å². The molecule has 94 valence electrons. The highest BCUT2D eigenvalue weighted by atomic mass is 32.1. The van der Waals surface area contributed by atoms with E-state index in [1.54, 1.807) is 12.1 Å². The fraction of sp³-hybridized carbons (Fsp3) is 0.500. The molecular weight excluding hydrogens is 236 g/mol. The Kier molecular flexibility index (Phi) is 4.99. The Bertz CT molecular complexity index is 374. The van der Waals surface area contributed by atoms with Crippen molar-refractivity contribution in [2.24, 2.45) is 0 Å². The summed E-state index contributed by atoms with van der Waals surface area (Å²) in [6.07, 6.45) is 0. The van der Waals surface area contributed by atoms with Gasteiger partial charge in [0.15, 0.2) is 11.6 Å². The molecule has 4 nitrogen and oxygen atoms in total. The highest BCUT2D eigenvalue weighted by Gasteiger charge is 2.14. The quantitative estimate of drug-likeness (QED) is 0.716. The van der Waals surface area contributed by atoms with Gasteiger partial charge in [0.2, 0.25) is 0 Å². The predicted molar refractivity (Wildman–Crippen MR) is 70.1 cm³/mol. The number of thiophene rings is 1. The van der Waals surface area contributed by atoms with Gasteiger partial charge in [-0.1, -0.05) is 0 Å². The minimum atomic E-state index is 0.0592. The van der Waals surface area contributed by atoms with E-state index in [-0.39, 0.29) is 11.6 Å². The van der Waals surface area contributed by atoms with E-state index in [4.69, 9.17) is 0 Å². The lowest BCUT2D eigenvalue weighted by Gasteiger charge is -2.07. The standard InChI is InChI=1S/C12H18N2O2S/c1-13(2)7-9(15)11-5-6-12(17-11)10(16)8-14(3)4/h5-6H,7-8H2,1-4H3. The average Bonchev–Trinajstić information content (AvgIpc) is 2.63. The zero-order valence-corrected chi connectivity index (χ0v) is 11.5. The molecule has 1 aromatic rings. The van der Waals surface area contributed by atoms with Gasteiger partial charge in [0.25, 0.3) is 0 Å². The van der Waals surface area contributed by atoms with Crippen molar-refractivity contribution in [1.82, 2.24) is 9.80 Å². The van der Waals surface area contributed by atoms with Crippen LogP contribution in [0, 0.1) is 0 Å². The Hall–Kier alpha value is -1.04. The number of rotatable bonds is 6. The lowest BCUT2D eigenvalue weighted by Crippen LogP contribution is -2.21. The molecule has 0 aromatic carbocycles. The topological polar surface area (TPSA) is 40.6 Å². The maximum atomic E-state index is 11.8. The zero-order valence-electron chi connectivity index (χ0n) is 10.7. The van der Waals surface area contributed by atoms with Crippen LogP contribution in [0.2, 0.25) is 0 Å². The predicted octanol–water partition coefficient (Wildman–Crippen LogP) is 1.24. The lowest BCUT2D eigenvalue weighted by molar-refractivity contribution is 0.0955. The molecule has 1 heterocycles. The Morgan fingerprint density at radius 3 is 1.59 bits per heavy atom. The van der Waals surface area contributed by atoms with E-state index in [0.29, 0.717) is 22.8 Å². The molecule has 0 unspecified atom stereocenters. The van der Waals surface area contributed by atoms with E-state index in [1.807, 2.05) is 38.0 Å². The van der Waals surface area contributed by atoms with Gasteiger partial charge in [0.05, 0.1) is 22.8 Å². The Morgan fingerprint density at radius 2 is 1.29 bits per heavy atom. The molecule has 17 heavy (non-hydrogen) atoms. The van der Waals surface area contributed by atoms with Crippen molar-refractivity contribution >= 4 is 22.9 Å². The number of Topliss-reactive ketones (excluding diaryl/α,β-unsaturated/α-hetero) is 2. The van der Waals surface area contributed by atoms with Gasteiger partial charge in [0, 0.05) is 0 Å². The molecule has 0 saturated carbocycles. The van der Waals surface area contributed by atoms with E-state index < -0.39 is 0 Å². The Labute approximate surface area is 106 Å². The van der Waals surface area contributed by atoms with Crippen molar-refractivity contribution in [3.05, 3.63) is 21.9 Å². The van der Waals surface area contributed by atoms with Crippen molar-refractivity contribution in [2.45, 2.75) is 0 Å². The molecule has 0 bridgehead atoms. The zero-order chi connectivity index (χ0) is 13.0. The van der Waals surface area contributed by atoms with Crippen LogP contribution in [0.15, 0.2) is 12.1 Å². The summed E-state index contributed by atoms with van der Waals surface area (Å²) < 4.78 is 0. The molecule has 0 saturated heterocycles. The number of hydrogen-bond acceptors (Lipinski definition) is 5. The van der Waals surface area contributed by atoms with Crippen LogP contribution in [0.1, 0.15) is 19.3 Å². The fourth-order valence-corrected chi connectivity index (χ4v) is 2.23. The number of nitrogens with zero attached hydrogens (tertiary/aromatic N) is 2.